The van der Waals surface area contributed by atoms with Crippen molar-refractivity contribution in [2.75, 3.05) is 31.3 Å². The first-order chi connectivity index (χ1) is 19.5. The number of amides is 2. The third-order valence-corrected chi connectivity index (χ3v) is 7.41. The van der Waals surface area contributed by atoms with Gasteiger partial charge in [0, 0.05) is 28.3 Å². The minimum absolute atomic E-state index is 0.0249. The molecule has 9 nitrogen and oxygen atoms in total. The van der Waals surface area contributed by atoms with E-state index < -0.39 is 18.3 Å². The van der Waals surface area contributed by atoms with E-state index in [9.17, 15) is 14.7 Å². The molecule has 0 saturated carbocycles. The fourth-order valence-electron chi connectivity index (χ4n) is 4.25. The Kier molecular flexibility index (Phi) is 10.8. The lowest BCUT2D eigenvalue weighted by Crippen LogP contribution is -2.34. The molecule has 3 aromatic carbocycles. The molecule has 0 unspecified atom stereocenters. The first kappa shape index (κ1) is 29.4. The van der Waals surface area contributed by atoms with E-state index in [2.05, 4.69) is 10.6 Å². The van der Waals surface area contributed by atoms with Crippen LogP contribution in [0.5, 0.6) is 5.75 Å². The number of nitrogens with one attached hydrogen (secondary N) is 2. The summed E-state index contributed by atoms with van der Waals surface area (Å²) in [4.78, 5) is 24.9. The van der Waals surface area contributed by atoms with Crippen LogP contribution < -0.4 is 15.4 Å². The smallest absolute Gasteiger partial charge is 0.325 e. The molecule has 1 fully saturated rings. The standard InChI is InChI=1S/C30H34N2O7S/c1-3-37-28(34)17-31-30(35)32-23-8-6-7-22(15-23)29-38-24(19-40-27-10-5-4-9-25(27)36-2)16-26(39-29)21-13-11-20(18-33)12-14-21/h4-15,24,26,29,33H,3,16-19H2,1-2H3,(H2,31,32,35)/t24-,26+,29+/m1/s1. The molecule has 4 rings (SSSR count). The normalized spacial score (nSPS) is 18.5. The van der Waals surface area contributed by atoms with Crippen LogP contribution in [0, 0.1) is 0 Å². The van der Waals surface area contributed by atoms with Gasteiger partial charge in [0.05, 0.1) is 32.5 Å². The number of aliphatic hydroxyl groups is 1. The molecule has 0 aromatic heterocycles. The van der Waals surface area contributed by atoms with Crippen molar-refractivity contribution in [3.05, 3.63) is 89.5 Å². The minimum atomic E-state index is -0.677. The number of hydrogen-bond acceptors (Lipinski definition) is 8. The molecule has 212 valence electrons. The summed E-state index contributed by atoms with van der Waals surface area (Å²) < 4.78 is 23.2. The van der Waals surface area contributed by atoms with Crippen molar-refractivity contribution in [2.45, 2.75) is 43.3 Å². The van der Waals surface area contributed by atoms with Gasteiger partial charge in [-0.2, -0.15) is 0 Å². The molecule has 3 N–H and O–H groups in total. The Labute approximate surface area is 238 Å². The number of ether oxygens (including phenoxy) is 4. The third kappa shape index (κ3) is 8.22. The highest BCUT2D eigenvalue weighted by Crippen LogP contribution is 2.40. The van der Waals surface area contributed by atoms with Crippen LogP contribution in [-0.2, 0) is 25.6 Å². The molecule has 3 aromatic rings. The molecule has 1 heterocycles. The monoisotopic (exact) mass is 566 g/mol. The van der Waals surface area contributed by atoms with E-state index in [1.165, 1.54) is 0 Å². The number of carbonyl (C=O) groups is 2. The molecule has 0 spiro atoms. The van der Waals surface area contributed by atoms with Crippen LogP contribution in [0.3, 0.4) is 0 Å². The summed E-state index contributed by atoms with van der Waals surface area (Å²) in [5.41, 5.74) is 3.09. The topological polar surface area (TPSA) is 115 Å². The van der Waals surface area contributed by atoms with Gasteiger partial charge in [-0.3, -0.25) is 4.79 Å². The maximum atomic E-state index is 12.3. The van der Waals surface area contributed by atoms with E-state index in [0.717, 1.165) is 27.3 Å². The number of methoxy groups -OCH3 is 1. The summed E-state index contributed by atoms with van der Waals surface area (Å²) in [5.74, 6) is 0.984. The van der Waals surface area contributed by atoms with E-state index >= 15 is 0 Å². The molecule has 2 amide bonds. The Hall–Kier alpha value is -3.57. The van der Waals surface area contributed by atoms with Crippen molar-refractivity contribution in [3.63, 3.8) is 0 Å². The average Bonchev–Trinajstić information content (AvgIpc) is 2.99. The van der Waals surface area contributed by atoms with Gasteiger partial charge in [-0.15, -0.1) is 11.8 Å². The van der Waals surface area contributed by atoms with Crippen molar-refractivity contribution in [3.8, 4) is 5.75 Å². The van der Waals surface area contributed by atoms with Crippen LogP contribution in [0.2, 0.25) is 0 Å². The second kappa shape index (κ2) is 14.7. The van der Waals surface area contributed by atoms with Crippen LogP contribution >= 0.6 is 11.8 Å². The average molecular weight is 567 g/mol. The molecular formula is C30H34N2O7S. The van der Waals surface area contributed by atoms with Crippen LogP contribution in [0.4, 0.5) is 10.5 Å². The number of esters is 1. The first-order valence-corrected chi connectivity index (χ1v) is 14.0. The van der Waals surface area contributed by atoms with E-state index in [0.29, 0.717) is 17.9 Å². The van der Waals surface area contributed by atoms with Gasteiger partial charge in [0.1, 0.15) is 12.3 Å². The van der Waals surface area contributed by atoms with Gasteiger partial charge in [0.2, 0.25) is 0 Å². The van der Waals surface area contributed by atoms with Gasteiger partial charge < -0.3 is 34.7 Å². The Balaban J connectivity index is 1.49. The summed E-state index contributed by atoms with van der Waals surface area (Å²) in [7, 11) is 1.66. The molecule has 1 saturated heterocycles. The number of para-hydroxylation sites is 1. The quantitative estimate of drug-likeness (QED) is 0.214. The van der Waals surface area contributed by atoms with Crippen molar-refractivity contribution in [2.24, 2.45) is 0 Å². The highest BCUT2D eigenvalue weighted by molar-refractivity contribution is 7.99. The van der Waals surface area contributed by atoms with E-state index in [4.69, 9.17) is 18.9 Å². The largest absolute Gasteiger partial charge is 0.496 e. The predicted molar refractivity (Wildman–Crippen MR) is 152 cm³/mol. The maximum absolute atomic E-state index is 12.3. The van der Waals surface area contributed by atoms with E-state index in [1.54, 1.807) is 44.0 Å². The van der Waals surface area contributed by atoms with Crippen molar-refractivity contribution < 1.29 is 33.6 Å². The molecule has 1 aliphatic rings. The SMILES string of the molecule is CCOC(=O)CNC(=O)Nc1cccc([C@H]2O[C@@H](CSc3ccccc3OC)C[C@@H](c3ccc(CO)cc3)O2)c1. The Morgan fingerprint density at radius 3 is 2.58 bits per heavy atom. The van der Waals surface area contributed by atoms with Gasteiger partial charge in [-0.25, -0.2) is 4.79 Å². The van der Waals surface area contributed by atoms with Gasteiger partial charge in [-0.05, 0) is 42.3 Å². The second-order valence-electron chi connectivity index (χ2n) is 9.05. The van der Waals surface area contributed by atoms with Gasteiger partial charge >= 0.3 is 12.0 Å². The number of urea groups is 1. The first-order valence-electron chi connectivity index (χ1n) is 13.1. The highest BCUT2D eigenvalue weighted by Gasteiger charge is 2.32. The molecule has 0 bridgehead atoms. The van der Waals surface area contributed by atoms with E-state index in [-0.39, 0.29) is 32.0 Å². The van der Waals surface area contributed by atoms with Crippen LogP contribution in [0.15, 0.2) is 77.7 Å². The lowest BCUT2D eigenvalue weighted by atomic mass is 10.0. The predicted octanol–water partition coefficient (Wildman–Crippen LogP) is 5.21. The molecule has 0 radical (unpaired) electrons. The summed E-state index contributed by atoms with van der Waals surface area (Å²) >= 11 is 1.66. The number of aliphatic hydroxyl groups excluding tert-OH is 1. The van der Waals surface area contributed by atoms with Crippen molar-refractivity contribution >= 4 is 29.4 Å². The van der Waals surface area contributed by atoms with Crippen LogP contribution in [0.25, 0.3) is 0 Å². The zero-order valence-electron chi connectivity index (χ0n) is 22.5. The number of hydrogen-bond donors (Lipinski definition) is 3. The van der Waals surface area contributed by atoms with Gasteiger partial charge in [-0.1, -0.05) is 48.5 Å². The van der Waals surface area contributed by atoms with Gasteiger partial charge in [0.15, 0.2) is 6.29 Å². The van der Waals surface area contributed by atoms with Crippen LogP contribution in [0.1, 0.15) is 42.4 Å². The summed E-state index contributed by atoms with van der Waals surface area (Å²) in [5, 5.41) is 14.7. The second-order valence-corrected chi connectivity index (χ2v) is 10.1. The number of thioether (sulfide) groups is 1. The molecule has 0 aliphatic carbocycles. The fourth-order valence-corrected chi connectivity index (χ4v) is 5.29. The number of anilines is 1. The van der Waals surface area contributed by atoms with Crippen LogP contribution in [-0.4, -0.2) is 49.2 Å². The number of carbonyl (C=O) groups excluding carboxylic acids is 2. The molecule has 10 heteroatoms. The third-order valence-electron chi connectivity index (χ3n) is 6.22. The summed E-state index contributed by atoms with van der Waals surface area (Å²) in [6.07, 6.45) is -0.408. The fraction of sp³-hybridized carbons (Fsp3) is 0.333. The zero-order valence-corrected chi connectivity index (χ0v) is 23.3. The molecule has 40 heavy (non-hydrogen) atoms. The summed E-state index contributed by atoms with van der Waals surface area (Å²) in [6, 6.07) is 22.3. The minimum Gasteiger partial charge on any atom is -0.496 e. The van der Waals surface area contributed by atoms with Crippen molar-refractivity contribution in [1.82, 2.24) is 5.32 Å². The zero-order chi connectivity index (χ0) is 28.3. The lowest BCUT2D eigenvalue weighted by Gasteiger charge is -2.36. The lowest BCUT2D eigenvalue weighted by molar-refractivity contribution is -0.245. The van der Waals surface area contributed by atoms with E-state index in [1.807, 2.05) is 54.6 Å². The number of benzene rings is 3. The summed E-state index contributed by atoms with van der Waals surface area (Å²) in [6.45, 7) is 1.70. The molecule has 3 atom stereocenters. The van der Waals surface area contributed by atoms with Gasteiger partial charge in [0.25, 0.3) is 0 Å². The molecule has 1 aliphatic heterocycles. The Morgan fingerprint density at radius 2 is 1.82 bits per heavy atom. The Bertz CT molecular complexity index is 1270. The van der Waals surface area contributed by atoms with Crippen molar-refractivity contribution in [1.29, 1.82) is 0 Å². The maximum Gasteiger partial charge on any atom is 0.325 e. The molecular weight excluding hydrogens is 532 g/mol. The number of rotatable bonds is 11. The Morgan fingerprint density at radius 1 is 1.02 bits per heavy atom. The highest BCUT2D eigenvalue weighted by atomic mass is 32.2.